The monoisotopic (exact) mass is 289 g/mol. The van der Waals surface area contributed by atoms with Crippen molar-refractivity contribution in [3.8, 4) is 0 Å². The molecule has 0 aliphatic rings. The summed E-state index contributed by atoms with van der Waals surface area (Å²) in [5.74, 6) is -3.67. The Hall–Kier alpha value is -2.89. The van der Waals surface area contributed by atoms with Gasteiger partial charge in [0.15, 0.2) is 0 Å². The number of nitrogens with one attached hydrogen (secondary N) is 1. The van der Waals surface area contributed by atoms with Gasteiger partial charge in [0, 0.05) is 30.0 Å². The number of rotatable bonds is 5. The van der Waals surface area contributed by atoms with Crippen LogP contribution in [0.15, 0.2) is 42.6 Å². The number of benzene rings is 1. The number of aromatic nitrogens is 1. The fourth-order valence-corrected chi connectivity index (χ4v) is 1.81. The first-order valence-electron chi connectivity index (χ1n) is 6.06. The van der Waals surface area contributed by atoms with E-state index in [9.17, 15) is 19.1 Å². The number of carbonyl (C=O) groups is 2. The molecule has 0 amide bonds. The SMILES string of the molecule is O=C(O)C(=O)C=C(O)c1c[nH]c(Cc2ccccc2F)c1. The summed E-state index contributed by atoms with van der Waals surface area (Å²) in [6.07, 6.45) is 2.32. The number of aromatic amines is 1. The summed E-state index contributed by atoms with van der Waals surface area (Å²) in [6, 6.07) is 7.81. The summed E-state index contributed by atoms with van der Waals surface area (Å²) < 4.78 is 13.5. The van der Waals surface area contributed by atoms with E-state index >= 15 is 0 Å². The summed E-state index contributed by atoms with van der Waals surface area (Å²) in [5.41, 5.74) is 1.37. The number of hydrogen-bond acceptors (Lipinski definition) is 3. The number of halogens is 1. The predicted octanol–water partition coefficient (Wildman–Crippen LogP) is 2.30. The second-order valence-electron chi connectivity index (χ2n) is 4.38. The Morgan fingerprint density at radius 2 is 1.95 bits per heavy atom. The van der Waals surface area contributed by atoms with Gasteiger partial charge < -0.3 is 15.2 Å². The van der Waals surface area contributed by atoms with E-state index in [1.54, 1.807) is 18.2 Å². The molecule has 1 aromatic carbocycles. The molecule has 2 rings (SSSR count). The van der Waals surface area contributed by atoms with Crippen molar-refractivity contribution in [1.29, 1.82) is 0 Å². The number of hydrogen-bond donors (Lipinski definition) is 3. The van der Waals surface area contributed by atoms with E-state index < -0.39 is 17.5 Å². The van der Waals surface area contributed by atoms with Crippen molar-refractivity contribution in [3.63, 3.8) is 0 Å². The van der Waals surface area contributed by atoms with Crippen molar-refractivity contribution in [1.82, 2.24) is 4.98 Å². The lowest BCUT2D eigenvalue weighted by atomic mass is 10.1. The van der Waals surface area contributed by atoms with Gasteiger partial charge in [-0.1, -0.05) is 18.2 Å². The number of ketones is 1. The van der Waals surface area contributed by atoms with Crippen LogP contribution in [0.3, 0.4) is 0 Å². The summed E-state index contributed by atoms with van der Waals surface area (Å²) >= 11 is 0. The van der Waals surface area contributed by atoms with E-state index in [0.29, 0.717) is 17.3 Å². The molecule has 2 aromatic rings. The van der Waals surface area contributed by atoms with Gasteiger partial charge >= 0.3 is 5.97 Å². The first-order chi connectivity index (χ1) is 9.97. The molecule has 0 radical (unpaired) electrons. The van der Waals surface area contributed by atoms with Gasteiger partial charge in [0.2, 0.25) is 0 Å². The first-order valence-corrected chi connectivity index (χ1v) is 6.06. The zero-order valence-electron chi connectivity index (χ0n) is 10.8. The van der Waals surface area contributed by atoms with E-state index in [2.05, 4.69) is 4.98 Å². The number of aliphatic hydroxyl groups is 1. The van der Waals surface area contributed by atoms with Gasteiger partial charge in [0.05, 0.1) is 0 Å². The quantitative estimate of drug-likeness (QED) is 0.447. The van der Waals surface area contributed by atoms with Crippen LogP contribution in [0.2, 0.25) is 0 Å². The maximum atomic E-state index is 13.5. The van der Waals surface area contributed by atoms with Crippen molar-refractivity contribution in [2.75, 3.05) is 0 Å². The molecule has 0 unspecified atom stereocenters. The maximum Gasteiger partial charge on any atom is 0.376 e. The number of carbonyl (C=O) groups excluding carboxylic acids is 1. The molecule has 0 saturated heterocycles. The molecule has 5 nitrogen and oxygen atoms in total. The summed E-state index contributed by atoms with van der Waals surface area (Å²) in [5, 5.41) is 18.1. The van der Waals surface area contributed by atoms with E-state index in [-0.39, 0.29) is 17.8 Å². The second kappa shape index (κ2) is 6.04. The summed E-state index contributed by atoms with van der Waals surface area (Å²) in [4.78, 5) is 24.2. The minimum absolute atomic E-state index is 0.260. The zero-order valence-corrected chi connectivity index (χ0v) is 10.8. The average molecular weight is 289 g/mol. The molecule has 0 aliphatic heterocycles. The van der Waals surface area contributed by atoms with Crippen LogP contribution < -0.4 is 0 Å². The molecular weight excluding hydrogens is 277 g/mol. The minimum atomic E-state index is -1.65. The lowest BCUT2D eigenvalue weighted by Gasteiger charge is -2.00. The Balaban J connectivity index is 2.17. The van der Waals surface area contributed by atoms with Crippen LogP contribution in [0.25, 0.3) is 5.76 Å². The molecule has 0 aliphatic carbocycles. The summed E-state index contributed by atoms with van der Waals surface area (Å²) in [7, 11) is 0. The van der Waals surface area contributed by atoms with Gasteiger partial charge in [-0.15, -0.1) is 0 Å². The van der Waals surface area contributed by atoms with E-state index in [1.807, 2.05) is 0 Å². The average Bonchev–Trinajstić information content (AvgIpc) is 2.90. The van der Waals surface area contributed by atoms with Gasteiger partial charge in [-0.25, -0.2) is 9.18 Å². The van der Waals surface area contributed by atoms with Crippen LogP contribution in [-0.4, -0.2) is 26.9 Å². The second-order valence-corrected chi connectivity index (χ2v) is 4.38. The van der Waals surface area contributed by atoms with E-state index in [0.717, 1.165) is 0 Å². The Labute approximate surface area is 119 Å². The Kier molecular flexibility index (Phi) is 4.18. The normalized spacial score (nSPS) is 11.4. The lowest BCUT2D eigenvalue weighted by Crippen LogP contribution is -2.09. The highest BCUT2D eigenvalue weighted by atomic mass is 19.1. The van der Waals surface area contributed by atoms with Gasteiger partial charge in [-0.05, 0) is 17.7 Å². The van der Waals surface area contributed by atoms with E-state index in [1.165, 1.54) is 18.3 Å². The van der Waals surface area contributed by atoms with Crippen molar-refractivity contribution in [3.05, 3.63) is 65.2 Å². The number of H-pyrrole nitrogens is 1. The third-order valence-corrected chi connectivity index (χ3v) is 2.86. The highest BCUT2D eigenvalue weighted by molar-refractivity contribution is 6.38. The van der Waals surface area contributed by atoms with Crippen molar-refractivity contribution < 1.29 is 24.2 Å². The molecular formula is C15H12FNO4. The lowest BCUT2D eigenvalue weighted by molar-refractivity contribution is -0.146. The molecule has 21 heavy (non-hydrogen) atoms. The molecule has 0 atom stereocenters. The van der Waals surface area contributed by atoms with E-state index in [4.69, 9.17) is 5.11 Å². The Morgan fingerprint density at radius 1 is 1.24 bits per heavy atom. The smallest absolute Gasteiger partial charge is 0.376 e. The highest BCUT2D eigenvalue weighted by Gasteiger charge is 2.12. The van der Waals surface area contributed by atoms with Crippen LogP contribution in [0.4, 0.5) is 4.39 Å². The zero-order chi connectivity index (χ0) is 15.4. The number of aliphatic carboxylic acids is 1. The van der Waals surface area contributed by atoms with Crippen molar-refractivity contribution in [2.24, 2.45) is 0 Å². The fourth-order valence-electron chi connectivity index (χ4n) is 1.81. The van der Waals surface area contributed by atoms with Crippen LogP contribution in [-0.2, 0) is 16.0 Å². The standard InChI is InChI=1S/C15H12FNO4/c16-12-4-2-1-3-9(12)5-11-6-10(8-17-11)13(18)7-14(19)15(20)21/h1-4,6-8,17-18H,5H2,(H,20,21). The van der Waals surface area contributed by atoms with Gasteiger partial charge in [-0.3, -0.25) is 4.79 Å². The van der Waals surface area contributed by atoms with Crippen molar-refractivity contribution >= 4 is 17.5 Å². The predicted molar refractivity (Wildman–Crippen MR) is 73.2 cm³/mol. The Bertz CT molecular complexity index is 718. The molecule has 6 heteroatoms. The molecule has 0 saturated carbocycles. The topological polar surface area (TPSA) is 90.4 Å². The Morgan fingerprint density at radius 3 is 2.62 bits per heavy atom. The molecule has 3 N–H and O–H groups in total. The van der Waals surface area contributed by atoms with Crippen molar-refractivity contribution in [2.45, 2.75) is 6.42 Å². The van der Waals surface area contributed by atoms with Gasteiger partial charge in [0.1, 0.15) is 11.6 Å². The number of carboxylic acid groups (broad SMARTS) is 1. The third-order valence-electron chi connectivity index (χ3n) is 2.86. The largest absolute Gasteiger partial charge is 0.507 e. The summed E-state index contributed by atoms with van der Waals surface area (Å²) in [6.45, 7) is 0. The molecule has 1 heterocycles. The third kappa shape index (κ3) is 3.56. The van der Waals surface area contributed by atoms with Crippen LogP contribution in [0, 0.1) is 5.82 Å². The van der Waals surface area contributed by atoms with Gasteiger partial charge in [0.25, 0.3) is 5.78 Å². The molecule has 0 bridgehead atoms. The van der Waals surface area contributed by atoms with Gasteiger partial charge in [-0.2, -0.15) is 0 Å². The van der Waals surface area contributed by atoms with Crippen LogP contribution in [0.5, 0.6) is 0 Å². The molecule has 1 aromatic heterocycles. The minimum Gasteiger partial charge on any atom is -0.507 e. The molecule has 0 spiro atoms. The maximum absolute atomic E-state index is 13.5. The number of aliphatic hydroxyl groups excluding tert-OH is 1. The fraction of sp³-hybridized carbons (Fsp3) is 0.0667. The highest BCUT2D eigenvalue weighted by Crippen LogP contribution is 2.17. The van der Waals surface area contributed by atoms with Crippen LogP contribution in [0.1, 0.15) is 16.8 Å². The van der Waals surface area contributed by atoms with Crippen LogP contribution >= 0.6 is 0 Å². The first kappa shape index (κ1) is 14.5. The molecule has 108 valence electrons. The number of carboxylic acids is 1. The molecule has 0 fully saturated rings.